The van der Waals surface area contributed by atoms with Gasteiger partial charge in [-0.2, -0.15) is 0 Å². The first-order chi connectivity index (χ1) is 11.4. The molecule has 1 saturated carbocycles. The zero-order valence-electron chi connectivity index (χ0n) is 18.7. The highest BCUT2D eigenvalue weighted by Gasteiger charge is 2.49. The predicted molar refractivity (Wildman–Crippen MR) is 115 cm³/mol. The van der Waals surface area contributed by atoms with Gasteiger partial charge in [0.2, 0.25) is 0 Å². The van der Waals surface area contributed by atoms with Gasteiger partial charge in [-0.1, -0.05) is 48.1 Å². The molecule has 2 N–H and O–H groups in total. The Labute approximate surface area is 163 Å². The molecule has 26 heavy (non-hydrogen) atoms. The van der Waals surface area contributed by atoms with E-state index in [1.165, 1.54) is 0 Å². The van der Waals surface area contributed by atoms with E-state index >= 15 is 0 Å². The van der Waals surface area contributed by atoms with Crippen LogP contribution in [0.4, 0.5) is 0 Å². The molecule has 0 heterocycles. The van der Waals surface area contributed by atoms with Crippen LogP contribution < -0.4 is 0 Å². The van der Waals surface area contributed by atoms with E-state index in [2.05, 4.69) is 74.3 Å². The Hall–Kier alpha value is 0.0138. The van der Waals surface area contributed by atoms with Gasteiger partial charge < -0.3 is 19.1 Å². The maximum Gasteiger partial charge on any atom is 0.192 e. The maximum absolute atomic E-state index is 10.9. The molecule has 4 nitrogen and oxygen atoms in total. The van der Waals surface area contributed by atoms with Gasteiger partial charge in [0.25, 0.3) is 0 Å². The van der Waals surface area contributed by atoms with Crippen molar-refractivity contribution in [2.24, 2.45) is 0 Å². The summed E-state index contributed by atoms with van der Waals surface area (Å²) in [5, 5.41) is 20.9. The van der Waals surface area contributed by atoms with E-state index in [1.807, 2.05) is 0 Å². The van der Waals surface area contributed by atoms with E-state index in [-0.39, 0.29) is 28.9 Å². The van der Waals surface area contributed by atoms with E-state index in [1.54, 1.807) is 0 Å². The van der Waals surface area contributed by atoms with Gasteiger partial charge in [0, 0.05) is 12.8 Å². The fraction of sp³-hybridized carbons (Fsp3) is 0.900. The molecule has 1 rings (SSSR count). The fourth-order valence-corrected chi connectivity index (χ4v) is 5.27. The van der Waals surface area contributed by atoms with Crippen molar-refractivity contribution in [2.45, 2.75) is 108 Å². The van der Waals surface area contributed by atoms with Crippen LogP contribution >= 0.6 is 0 Å². The summed E-state index contributed by atoms with van der Waals surface area (Å²) in [6.07, 6.45) is 0.200. The molecule has 0 aliphatic heterocycles. The molecule has 0 radical (unpaired) electrons. The monoisotopic (exact) mass is 402 g/mol. The van der Waals surface area contributed by atoms with Gasteiger partial charge in [0.15, 0.2) is 16.6 Å². The normalized spacial score (nSPS) is 29.2. The Morgan fingerprint density at radius 1 is 0.923 bits per heavy atom. The number of hydrogen-bond donors (Lipinski definition) is 2. The summed E-state index contributed by atoms with van der Waals surface area (Å²) in [4.78, 5) is 0. The van der Waals surface area contributed by atoms with Crippen molar-refractivity contribution >= 4 is 16.6 Å². The molecule has 0 saturated heterocycles. The standard InChI is InChI=1S/C20H42O4Si2/c1-15-16(23-25(8,9)18(2,3)4)12-20(22,14-21)13-17(15)24-26(10,11)19(5,6)7/h16-17,21-22H,1,12-14H2,2-11H3/t16-,17+,20?. The lowest BCUT2D eigenvalue weighted by molar-refractivity contribution is -0.0852. The molecule has 0 aromatic carbocycles. The Morgan fingerprint density at radius 3 is 1.46 bits per heavy atom. The highest BCUT2D eigenvalue weighted by Crippen LogP contribution is 2.45. The summed E-state index contributed by atoms with van der Waals surface area (Å²) >= 11 is 0. The molecular weight excluding hydrogens is 360 g/mol. The predicted octanol–water partition coefficient (Wildman–Crippen LogP) is 4.84. The maximum atomic E-state index is 10.9. The Bertz CT molecular complexity index is 475. The third-order valence-corrected chi connectivity index (χ3v) is 15.7. The van der Waals surface area contributed by atoms with Gasteiger partial charge in [-0.25, -0.2) is 0 Å². The number of aliphatic hydroxyl groups is 2. The van der Waals surface area contributed by atoms with Gasteiger partial charge in [-0.15, -0.1) is 0 Å². The summed E-state index contributed by atoms with van der Waals surface area (Å²) in [6, 6.07) is 0. The Morgan fingerprint density at radius 2 is 1.23 bits per heavy atom. The van der Waals surface area contributed by atoms with Crippen LogP contribution in [-0.2, 0) is 8.85 Å². The van der Waals surface area contributed by atoms with Gasteiger partial charge >= 0.3 is 0 Å². The van der Waals surface area contributed by atoms with Crippen molar-refractivity contribution in [3.8, 4) is 0 Å². The minimum absolute atomic E-state index is 0.0673. The molecule has 0 amide bonds. The average Bonchev–Trinajstić information content (AvgIpc) is 2.41. The SMILES string of the molecule is C=C1[C@@H](O[Si](C)(C)C(C)(C)C)CC(O)(CO)C[C@H]1O[Si](C)(C)C(C)(C)C. The lowest BCUT2D eigenvalue weighted by Gasteiger charge is -2.49. The molecule has 0 bridgehead atoms. The molecule has 6 heteroatoms. The zero-order valence-corrected chi connectivity index (χ0v) is 20.7. The minimum Gasteiger partial charge on any atom is -0.410 e. The summed E-state index contributed by atoms with van der Waals surface area (Å²) < 4.78 is 13.2. The van der Waals surface area contributed by atoms with Crippen molar-refractivity contribution < 1.29 is 19.1 Å². The van der Waals surface area contributed by atoms with Gasteiger partial charge in [0.05, 0.1) is 24.4 Å². The topological polar surface area (TPSA) is 58.9 Å². The Kier molecular flexibility index (Phi) is 6.89. The first-order valence-electron chi connectivity index (χ1n) is 9.73. The highest BCUT2D eigenvalue weighted by atomic mass is 28.4. The van der Waals surface area contributed by atoms with Crippen molar-refractivity contribution in [3.05, 3.63) is 12.2 Å². The summed E-state index contributed by atoms with van der Waals surface area (Å²) in [5.41, 5.74) is -0.265. The second kappa shape index (κ2) is 7.45. The Balaban J connectivity index is 3.13. The number of rotatable bonds is 5. The molecular formula is C20H42O4Si2. The van der Waals surface area contributed by atoms with E-state index in [9.17, 15) is 10.2 Å². The molecule has 1 fully saturated rings. The van der Waals surface area contributed by atoms with Crippen LogP contribution in [0.5, 0.6) is 0 Å². The third-order valence-electron chi connectivity index (χ3n) is 6.74. The summed E-state index contributed by atoms with van der Waals surface area (Å²) in [5.74, 6) is 0. The van der Waals surface area contributed by atoms with E-state index < -0.39 is 22.2 Å². The second-order valence-electron chi connectivity index (χ2n) is 11.1. The molecule has 3 atom stereocenters. The van der Waals surface area contributed by atoms with Crippen LogP contribution in [0.25, 0.3) is 0 Å². The minimum atomic E-state index is -2.03. The lowest BCUT2D eigenvalue weighted by atomic mass is 9.79. The smallest absolute Gasteiger partial charge is 0.192 e. The van der Waals surface area contributed by atoms with Gasteiger partial charge in [-0.05, 0) is 41.8 Å². The lowest BCUT2D eigenvalue weighted by Crippen LogP contribution is -2.55. The largest absolute Gasteiger partial charge is 0.410 e. The molecule has 1 unspecified atom stereocenters. The van der Waals surface area contributed by atoms with Crippen LogP contribution in [0.2, 0.25) is 36.3 Å². The third kappa shape index (κ3) is 5.29. The van der Waals surface area contributed by atoms with Crippen LogP contribution in [0, 0.1) is 0 Å². The first-order valence-corrected chi connectivity index (χ1v) is 15.5. The van der Waals surface area contributed by atoms with E-state index in [0.29, 0.717) is 12.8 Å². The van der Waals surface area contributed by atoms with Gasteiger partial charge in [0.1, 0.15) is 0 Å². The van der Waals surface area contributed by atoms with Crippen LogP contribution in [-0.4, -0.2) is 51.3 Å². The van der Waals surface area contributed by atoms with E-state index in [4.69, 9.17) is 8.85 Å². The van der Waals surface area contributed by atoms with Gasteiger partial charge in [-0.3, -0.25) is 0 Å². The highest BCUT2D eigenvalue weighted by molar-refractivity contribution is 6.74. The number of aliphatic hydroxyl groups excluding tert-OH is 1. The second-order valence-corrected chi connectivity index (χ2v) is 20.6. The first kappa shape index (κ1) is 24.1. The van der Waals surface area contributed by atoms with Crippen molar-refractivity contribution in [1.82, 2.24) is 0 Å². The summed E-state index contributed by atoms with van der Waals surface area (Å²) in [7, 11) is -4.06. The fourth-order valence-electron chi connectivity index (χ4n) is 2.67. The molecule has 1 aliphatic rings. The molecule has 0 aromatic heterocycles. The van der Waals surface area contributed by atoms with Crippen LogP contribution in [0.15, 0.2) is 12.2 Å². The van der Waals surface area contributed by atoms with Crippen LogP contribution in [0.1, 0.15) is 54.4 Å². The van der Waals surface area contributed by atoms with Crippen molar-refractivity contribution in [2.75, 3.05) is 6.61 Å². The molecule has 1 aliphatic carbocycles. The summed E-state index contributed by atoms with van der Waals surface area (Å²) in [6.45, 7) is 26.1. The van der Waals surface area contributed by atoms with Crippen molar-refractivity contribution in [3.63, 3.8) is 0 Å². The van der Waals surface area contributed by atoms with Crippen molar-refractivity contribution in [1.29, 1.82) is 0 Å². The van der Waals surface area contributed by atoms with E-state index in [0.717, 1.165) is 5.57 Å². The molecule has 0 spiro atoms. The zero-order chi connectivity index (χ0) is 20.8. The van der Waals surface area contributed by atoms with Crippen LogP contribution in [0.3, 0.4) is 0 Å². The molecule has 0 aromatic rings. The average molecular weight is 403 g/mol. The number of hydrogen-bond acceptors (Lipinski definition) is 4. The molecule has 154 valence electrons. The quantitative estimate of drug-likeness (QED) is 0.510.